The highest BCUT2D eigenvalue weighted by Crippen LogP contribution is 2.26. The number of carbonyl (C=O) groups excluding carboxylic acids is 1. The summed E-state index contributed by atoms with van der Waals surface area (Å²) < 4.78 is 11.8. The normalized spacial score (nSPS) is 10.7. The van der Waals surface area contributed by atoms with Gasteiger partial charge in [0.05, 0.1) is 6.61 Å². The van der Waals surface area contributed by atoms with Crippen LogP contribution in [0.15, 0.2) is 78.9 Å². The Morgan fingerprint density at radius 2 is 1.66 bits per heavy atom. The van der Waals surface area contributed by atoms with Crippen LogP contribution in [0.2, 0.25) is 0 Å². The summed E-state index contributed by atoms with van der Waals surface area (Å²) in [6.07, 6.45) is 0. The molecule has 4 rings (SSSR count). The zero-order valence-corrected chi connectivity index (χ0v) is 18.6. The smallest absolute Gasteiger partial charge is 0.255 e. The van der Waals surface area contributed by atoms with Gasteiger partial charge >= 0.3 is 0 Å². The number of ether oxygens (including phenoxy) is 2. The average Bonchev–Trinajstić information content (AvgIpc) is 2.81. The van der Waals surface area contributed by atoms with E-state index < -0.39 is 0 Å². The average molecular weight is 426 g/mol. The molecule has 0 aliphatic rings. The highest BCUT2D eigenvalue weighted by atomic mass is 16.5. The molecule has 32 heavy (non-hydrogen) atoms. The second-order valence-corrected chi connectivity index (χ2v) is 7.77. The van der Waals surface area contributed by atoms with Crippen molar-refractivity contribution in [2.45, 2.75) is 27.4 Å². The van der Waals surface area contributed by atoms with Crippen LogP contribution in [0, 0.1) is 13.8 Å². The number of amides is 1. The first-order chi connectivity index (χ1) is 15.5. The Labute approximate surface area is 188 Å². The SMILES string of the molecule is CCOc1ccc(C(=O)Nc2cccc3ccccc23)cc1COc1ccc(C)c(C)c1. The fraction of sp³-hybridized carbons (Fsp3) is 0.179. The first kappa shape index (κ1) is 21.4. The summed E-state index contributed by atoms with van der Waals surface area (Å²) in [5.74, 6) is 1.34. The van der Waals surface area contributed by atoms with E-state index in [1.165, 1.54) is 11.1 Å². The third-order valence-corrected chi connectivity index (χ3v) is 5.53. The van der Waals surface area contributed by atoms with Gasteiger partial charge < -0.3 is 14.8 Å². The number of benzene rings is 4. The van der Waals surface area contributed by atoms with E-state index in [1.54, 1.807) is 6.07 Å². The summed E-state index contributed by atoms with van der Waals surface area (Å²) >= 11 is 0. The minimum atomic E-state index is -0.170. The lowest BCUT2D eigenvalue weighted by atomic mass is 10.1. The maximum atomic E-state index is 13.0. The van der Waals surface area contributed by atoms with Crippen molar-refractivity contribution in [3.63, 3.8) is 0 Å². The van der Waals surface area contributed by atoms with Gasteiger partial charge in [-0.1, -0.05) is 42.5 Å². The predicted octanol–water partition coefficient (Wildman–Crippen LogP) is 6.69. The molecule has 0 saturated heterocycles. The third-order valence-electron chi connectivity index (χ3n) is 5.53. The minimum Gasteiger partial charge on any atom is -0.493 e. The van der Waals surface area contributed by atoms with Crippen LogP contribution in [0.4, 0.5) is 5.69 Å². The second-order valence-electron chi connectivity index (χ2n) is 7.77. The molecule has 0 unspecified atom stereocenters. The van der Waals surface area contributed by atoms with E-state index in [2.05, 4.69) is 19.2 Å². The lowest BCUT2D eigenvalue weighted by molar-refractivity contribution is 0.102. The fourth-order valence-corrected chi connectivity index (χ4v) is 3.62. The van der Waals surface area contributed by atoms with E-state index >= 15 is 0 Å². The van der Waals surface area contributed by atoms with Crippen molar-refractivity contribution >= 4 is 22.4 Å². The molecule has 4 nitrogen and oxygen atoms in total. The first-order valence-electron chi connectivity index (χ1n) is 10.8. The number of anilines is 1. The van der Waals surface area contributed by atoms with Crippen LogP contribution in [0.3, 0.4) is 0 Å². The Balaban J connectivity index is 1.57. The van der Waals surface area contributed by atoms with E-state index in [4.69, 9.17) is 9.47 Å². The molecule has 1 N–H and O–H groups in total. The molecule has 4 aromatic carbocycles. The molecule has 4 heteroatoms. The Bertz CT molecular complexity index is 1260. The fourth-order valence-electron chi connectivity index (χ4n) is 3.62. The molecule has 0 aliphatic carbocycles. The first-order valence-corrected chi connectivity index (χ1v) is 10.8. The van der Waals surface area contributed by atoms with Gasteiger partial charge in [0, 0.05) is 22.2 Å². The van der Waals surface area contributed by atoms with Crippen molar-refractivity contribution in [3.8, 4) is 11.5 Å². The number of hydrogen-bond donors (Lipinski definition) is 1. The summed E-state index contributed by atoms with van der Waals surface area (Å²) in [6, 6.07) is 25.4. The summed E-state index contributed by atoms with van der Waals surface area (Å²) in [7, 11) is 0. The van der Waals surface area contributed by atoms with Gasteiger partial charge in [-0.3, -0.25) is 4.79 Å². The topological polar surface area (TPSA) is 47.6 Å². The summed E-state index contributed by atoms with van der Waals surface area (Å²) in [5.41, 5.74) is 4.57. The van der Waals surface area contributed by atoms with Crippen LogP contribution < -0.4 is 14.8 Å². The number of carbonyl (C=O) groups is 1. The monoisotopic (exact) mass is 425 g/mol. The highest BCUT2D eigenvalue weighted by molar-refractivity contribution is 6.09. The Morgan fingerprint density at radius 3 is 2.47 bits per heavy atom. The summed E-state index contributed by atoms with van der Waals surface area (Å²) in [4.78, 5) is 13.0. The van der Waals surface area contributed by atoms with Gasteiger partial charge in [0.1, 0.15) is 18.1 Å². The number of rotatable bonds is 7. The van der Waals surface area contributed by atoms with Crippen LogP contribution in [0.5, 0.6) is 11.5 Å². The van der Waals surface area contributed by atoms with E-state index in [-0.39, 0.29) is 5.91 Å². The zero-order valence-electron chi connectivity index (χ0n) is 18.6. The number of fused-ring (bicyclic) bond motifs is 1. The third kappa shape index (κ3) is 4.75. The quantitative estimate of drug-likeness (QED) is 0.359. The molecular weight excluding hydrogens is 398 g/mol. The second kappa shape index (κ2) is 9.56. The van der Waals surface area contributed by atoms with Crippen molar-refractivity contribution in [1.82, 2.24) is 0 Å². The molecule has 0 aromatic heterocycles. The zero-order chi connectivity index (χ0) is 22.5. The van der Waals surface area contributed by atoms with Gasteiger partial charge in [0.15, 0.2) is 0 Å². The van der Waals surface area contributed by atoms with Crippen LogP contribution in [0.25, 0.3) is 10.8 Å². The Hall–Kier alpha value is -3.79. The largest absolute Gasteiger partial charge is 0.493 e. The molecule has 0 bridgehead atoms. The summed E-state index contributed by atoms with van der Waals surface area (Å²) in [6.45, 7) is 6.93. The Morgan fingerprint density at radius 1 is 0.844 bits per heavy atom. The molecule has 0 fully saturated rings. The van der Waals surface area contributed by atoms with Crippen LogP contribution in [0.1, 0.15) is 34.0 Å². The molecular formula is C28H27NO3. The maximum absolute atomic E-state index is 13.0. The molecule has 0 radical (unpaired) electrons. The van der Waals surface area contributed by atoms with Crippen molar-refractivity contribution in [2.75, 3.05) is 11.9 Å². The molecule has 0 aliphatic heterocycles. The molecule has 0 atom stereocenters. The van der Waals surface area contributed by atoms with Gasteiger partial charge in [0.2, 0.25) is 0 Å². The van der Waals surface area contributed by atoms with E-state index in [0.717, 1.165) is 33.5 Å². The molecule has 162 valence electrons. The highest BCUT2D eigenvalue weighted by Gasteiger charge is 2.13. The van der Waals surface area contributed by atoms with Crippen molar-refractivity contribution < 1.29 is 14.3 Å². The van der Waals surface area contributed by atoms with Gasteiger partial charge in [-0.25, -0.2) is 0 Å². The Kier molecular flexibility index (Phi) is 6.41. The van der Waals surface area contributed by atoms with Crippen molar-refractivity contribution in [1.29, 1.82) is 0 Å². The van der Waals surface area contributed by atoms with Gasteiger partial charge in [-0.05, 0) is 73.7 Å². The number of hydrogen-bond acceptors (Lipinski definition) is 3. The van der Waals surface area contributed by atoms with Gasteiger partial charge in [0.25, 0.3) is 5.91 Å². The molecule has 0 heterocycles. The van der Waals surface area contributed by atoms with Crippen molar-refractivity contribution in [2.24, 2.45) is 0 Å². The van der Waals surface area contributed by atoms with Crippen LogP contribution >= 0.6 is 0 Å². The molecule has 0 spiro atoms. The minimum absolute atomic E-state index is 0.170. The lowest BCUT2D eigenvalue weighted by Crippen LogP contribution is -2.13. The maximum Gasteiger partial charge on any atom is 0.255 e. The van der Waals surface area contributed by atoms with Crippen LogP contribution in [-0.4, -0.2) is 12.5 Å². The molecule has 1 amide bonds. The molecule has 4 aromatic rings. The number of nitrogens with one attached hydrogen (secondary N) is 1. The van der Waals surface area contributed by atoms with Gasteiger partial charge in [-0.15, -0.1) is 0 Å². The standard InChI is InChI=1S/C28H27NO3/c1-4-31-27-15-13-22(17-23(27)18-32-24-14-12-19(2)20(3)16-24)28(30)29-26-11-7-9-21-8-5-6-10-25(21)26/h5-17H,4,18H2,1-3H3,(H,29,30). The van der Waals surface area contributed by atoms with Gasteiger partial charge in [-0.2, -0.15) is 0 Å². The van der Waals surface area contributed by atoms with E-state index in [0.29, 0.717) is 18.8 Å². The van der Waals surface area contributed by atoms with E-state index in [9.17, 15) is 4.79 Å². The van der Waals surface area contributed by atoms with Crippen LogP contribution in [-0.2, 0) is 6.61 Å². The number of aryl methyl sites for hydroxylation is 2. The van der Waals surface area contributed by atoms with E-state index in [1.807, 2.05) is 79.7 Å². The van der Waals surface area contributed by atoms with Crippen molar-refractivity contribution in [3.05, 3.63) is 101 Å². The lowest BCUT2D eigenvalue weighted by Gasteiger charge is -2.14. The molecule has 0 saturated carbocycles. The predicted molar refractivity (Wildman–Crippen MR) is 130 cm³/mol. The summed E-state index contributed by atoms with van der Waals surface area (Å²) in [5, 5.41) is 5.14.